The molecule has 0 bridgehead atoms. The van der Waals surface area contributed by atoms with Gasteiger partial charge in [0.1, 0.15) is 18.1 Å². The third-order valence-electron chi connectivity index (χ3n) is 3.56. The monoisotopic (exact) mass is 293 g/mol. The first-order chi connectivity index (χ1) is 10.3. The SMILES string of the molecule is CCCCOCCOc1cc(OC)ccc1CNC1CC1. The van der Waals surface area contributed by atoms with Crippen LogP contribution in [0.3, 0.4) is 0 Å². The van der Waals surface area contributed by atoms with Crippen LogP contribution >= 0.6 is 0 Å². The molecule has 4 nitrogen and oxygen atoms in total. The Morgan fingerprint density at radius 2 is 2.05 bits per heavy atom. The van der Waals surface area contributed by atoms with E-state index in [-0.39, 0.29) is 0 Å². The third kappa shape index (κ3) is 5.94. The van der Waals surface area contributed by atoms with Crippen LogP contribution in [0.2, 0.25) is 0 Å². The van der Waals surface area contributed by atoms with E-state index in [9.17, 15) is 0 Å². The van der Waals surface area contributed by atoms with Gasteiger partial charge in [0.15, 0.2) is 0 Å². The van der Waals surface area contributed by atoms with Gasteiger partial charge in [0.2, 0.25) is 0 Å². The summed E-state index contributed by atoms with van der Waals surface area (Å²) in [5.41, 5.74) is 1.18. The zero-order valence-corrected chi connectivity index (χ0v) is 13.2. The predicted molar refractivity (Wildman–Crippen MR) is 84.1 cm³/mol. The highest BCUT2D eigenvalue weighted by atomic mass is 16.5. The van der Waals surface area contributed by atoms with Crippen LogP contribution in [0.15, 0.2) is 18.2 Å². The van der Waals surface area contributed by atoms with Crippen LogP contribution in [0.4, 0.5) is 0 Å². The predicted octanol–water partition coefficient (Wildman–Crippen LogP) is 3.14. The number of unbranched alkanes of at least 4 members (excludes halogenated alkanes) is 1. The van der Waals surface area contributed by atoms with Crippen LogP contribution in [-0.4, -0.2) is 33.0 Å². The van der Waals surface area contributed by atoms with E-state index in [1.54, 1.807) is 7.11 Å². The zero-order valence-electron chi connectivity index (χ0n) is 13.2. The molecule has 1 aliphatic carbocycles. The van der Waals surface area contributed by atoms with Crippen molar-refractivity contribution in [2.24, 2.45) is 0 Å². The molecule has 1 saturated carbocycles. The Hall–Kier alpha value is -1.26. The molecule has 0 spiro atoms. The van der Waals surface area contributed by atoms with Crippen LogP contribution in [-0.2, 0) is 11.3 Å². The minimum absolute atomic E-state index is 0.577. The van der Waals surface area contributed by atoms with E-state index in [1.165, 1.54) is 18.4 Å². The van der Waals surface area contributed by atoms with Gasteiger partial charge in [0.25, 0.3) is 0 Å². The maximum Gasteiger partial charge on any atom is 0.127 e. The lowest BCUT2D eigenvalue weighted by Crippen LogP contribution is -2.16. The number of nitrogens with one attached hydrogen (secondary N) is 1. The molecule has 0 unspecified atom stereocenters. The van der Waals surface area contributed by atoms with E-state index in [4.69, 9.17) is 14.2 Å². The summed E-state index contributed by atoms with van der Waals surface area (Å²) in [6, 6.07) is 6.70. The summed E-state index contributed by atoms with van der Waals surface area (Å²) < 4.78 is 16.7. The molecule has 1 aromatic carbocycles. The van der Waals surface area contributed by atoms with E-state index in [2.05, 4.69) is 18.3 Å². The smallest absolute Gasteiger partial charge is 0.127 e. The molecule has 118 valence electrons. The normalized spacial score (nSPS) is 14.2. The lowest BCUT2D eigenvalue weighted by molar-refractivity contribution is 0.0976. The standard InChI is InChI=1S/C17H27NO3/c1-3-4-9-20-10-11-21-17-12-16(19-2)8-5-14(17)13-18-15-6-7-15/h5,8,12,15,18H,3-4,6-7,9-11,13H2,1-2H3. The molecular weight excluding hydrogens is 266 g/mol. The van der Waals surface area contributed by atoms with Gasteiger partial charge in [-0.05, 0) is 25.3 Å². The molecule has 0 atom stereocenters. The molecule has 0 heterocycles. The van der Waals surface area contributed by atoms with Gasteiger partial charge in [0, 0.05) is 30.8 Å². The Morgan fingerprint density at radius 3 is 2.76 bits per heavy atom. The summed E-state index contributed by atoms with van der Waals surface area (Å²) in [6.45, 7) is 5.03. The molecule has 0 aliphatic heterocycles. The molecule has 1 aromatic rings. The summed E-state index contributed by atoms with van der Waals surface area (Å²) in [4.78, 5) is 0. The van der Waals surface area contributed by atoms with Gasteiger partial charge in [-0.3, -0.25) is 0 Å². The molecule has 1 fully saturated rings. The minimum Gasteiger partial charge on any atom is -0.497 e. The molecular formula is C17H27NO3. The molecule has 1 N–H and O–H groups in total. The number of hydrogen-bond acceptors (Lipinski definition) is 4. The van der Waals surface area contributed by atoms with Gasteiger partial charge >= 0.3 is 0 Å². The number of rotatable bonds is 11. The maximum absolute atomic E-state index is 5.87. The van der Waals surface area contributed by atoms with Crippen molar-refractivity contribution in [2.45, 2.75) is 45.2 Å². The molecule has 1 aliphatic rings. The molecule has 0 radical (unpaired) electrons. The maximum atomic E-state index is 5.87. The van der Waals surface area contributed by atoms with E-state index >= 15 is 0 Å². The second-order valence-electron chi connectivity index (χ2n) is 5.44. The van der Waals surface area contributed by atoms with Crippen molar-refractivity contribution in [1.82, 2.24) is 5.32 Å². The average Bonchev–Trinajstić information content (AvgIpc) is 3.33. The number of methoxy groups -OCH3 is 1. The second-order valence-corrected chi connectivity index (χ2v) is 5.44. The van der Waals surface area contributed by atoms with Crippen molar-refractivity contribution in [1.29, 1.82) is 0 Å². The van der Waals surface area contributed by atoms with Crippen molar-refractivity contribution < 1.29 is 14.2 Å². The Bertz CT molecular complexity index is 418. The van der Waals surface area contributed by atoms with E-state index < -0.39 is 0 Å². The summed E-state index contributed by atoms with van der Waals surface area (Å²) in [6.07, 6.45) is 4.85. The van der Waals surface area contributed by atoms with Gasteiger partial charge < -0.3 is 19.5 Å². The van der Waals surface area contributed by atoms with Crippen LogP contribution in [0, 0.1) is 0 Å². The van der Waals surface area contributed by atoms with Gasteiger partial charge in [-0.15, -0.1) is 0 Å². The van der Waals surface area contributed by atoms with Gasteiger partial charge in [-0.25, -0.2) is 0 Å². The number of benzene rings is 1. The molecule has 2 rings (SSSR count). The topological polar surface area (TPSA) is 39.7 Å². The fourth-order valence-corrected chi connectivity index (χ4v) is 2.04. The summed E-state index contributed by atoms with van der Waals surface area (Å²) in [7, 11) is 1.68. The van der Waals surface area contributed by atoms with Gasteiger partial charge in [-0.1, -0.05) is 19.4 Å². The van der Waals surface area contributed by atoms with Crippen molar-refractivity contribution in [2.75, 3.05) is 26.9 Å². The lowest BCUT2D eigenvalue weighted by Gasteiger charge is -2.14. The van der Waals surface area contributed by atoms with Crippen LogP contribution in [0.5, 0.6) is 11.5 Å². The van der Waals surface area contributed by atoms with Crippen molar-refractivity contribution >= 4 is 0 Å². The Kier molecular flexibility index (Phi) is 6.83. The molecule has 0 aromatic heterocycles. The van der Waals surface area contributed by atoms with E-state index in [0.717, 1.165) is 37.5 Å². The number of ether oxygens (including phenoxy) is 3. The van der Waals surface area contributed by atoms with Crippen LogP contribution in [0.25, 0.3) is 0 Å². The van der Waals surface area contributed by atoms with Crippen LogP contribution < -0.4 is 14.8 Å². The largest absolute Gasteiger partial charge is 0.497 e. The van der Waals surface area contributed by atoms with E-state index in [1.807, 2.05) is 12.1 Å². The highest BCUT2D eigenvalue weighted by Gasteiger charge is 2.20. The Labute approximate surface area is 127 Å². The first kappa shape index (κ1) is 16.1. The van der Waals surface area contributed by atoms with Crippen molar-refractivity contribution in [3.8, 4) is 11.5 Å². The minimum atomic E-state index is 0.577. The lowest BCUT2D eigenvalue weighted by atomic mass is 10.2. The summed E-state index contributed by atoms with van der Waals surface area (Å²) in [5, 5.41) is 3.52. The molecule has 4 heteroatoms. The second kappa shape index (κ2) is 8.90. The third-order valence-corrected chi connectivity index (χ3v) is 3.56. The molecule has 0 saturated heterocycles. The highest BCUT2D eigenvalue weighted by Crippen LogP contribution is 2.26. The van der Waals surface area contributed by atoms with E-state index in [0.29, 0.717) is 19.3 Å². The Balaban J connectivity index is 1.81. The number of hydrogen-bond donors (Lipinski definition) is 1. The summed E-state index contributed by atoms with van der Waals surface area (Å²) >= 11 is 0. The van der Waals surface area contributed by atoms with Crippen LogP contribution in [0.1, 0.15) is 38.2 Å². The molecule has 21 heavy (non-hydrogen) atoms. The quantitative estimate of drug-likeness (QED) is 0.636. The van der Waals surface area contributed by atoms with Crippen molar-refractivity contribution in [3.63, 3.8) is 0 Å². The van der Waals surface area contributed by atoms with Gasteiger partial charge in [-0.2, -0.15) is 0 Å². The fourth-order valence-electron chi connectivity index (χ4n) is 2.04. The average molecular weight is 293 g/mol. The zero-order chi connectivity index (χ0) is 14.9. The summed E-state index contributed by atoms with van der Waals surface area (Å²) in [5.74, 6) is 1.72. The molecule has 0 amide bonds. The van der Waals surface area contributed by atoms with Crippen molar-refractivity contribution in [3.05, 3.63) is 23.8 Å². The highest BCUT2D eigenvalue weighted by molar-refractivity contribution is 5.40. The first-order valence-corrected chi connectivity index (χ1v) is 7.94. The van der Waals surface area contributed by atoms with Gasteiger partial charge in [0.05, 0.1) is 13.7 Å². The Morgan fingerprint density at radius 1 is 1.19 bits per heavy atom. The fraction of sp³-hybridized carbons (Fsp3) is 0.647. The first-order valence-electron chi connectivity index (χ1n) is 7.94.